The minimum Gasteiger partial charge on any atom is -0.493 e. The molecule has 0 radical (unpaired) electrons. The first-order valence-corrected chi connectivity index (χ1v) is 5.26. The standard InChI is InChI=1S/C12H16FNO3/c1-4-17-12(14)10(15)8-5-7(2)6-9(13)11(8)16-3/h5-6,12H,4,14H2,1-3H3. The van der Waals surface area contributed by atoms with Crippen molar-refractivity contribution in [3.05, 3.63) is 29.1 Å². The van der Waals surface area contributed by atoms with Crippen LogP contribution < -0.4 is 10.5 Å². The zero-order valence-electron chi connectivity index (χ0n) is 10.1. The molecule has 0 heterocycles. The lowest BCUT2D eigenvalue weighted by Crippen LogP contribution is -2.33. The topological polar surface area (TPSA) is 61.5 Å². The maximum Gasteiger partial charge on any atom is 0.209 e. The van der Waals surface area contributed by atoms with E-state index in [0.717, 1.165) is 0 Å². The molecule has 0 aliphatic rings. The molecule has 0 fully saturated rings. The summed E-state index contributed by atoms with van der Waals surface area (Å²) in [4.78, 5) is 11.9. The smallest absolute Gasteiger partial charge is 0.209 e. The van der Waals surface area contributed by atoms with Gasteiger partial charge in [0.15, 0.2) is 17.8 Å². The average Bonchev–Trinajstić information content (AvgIpc) is 2.27. The van der Waals surface area contributed by atoms with E-state index in [1.54, 1.807) is 13.8 Å². The Labute approximate surface area is 99.5 Å². The molecule has 4 nitrogen and oxygen atoms in total. The van der Waals surface area contributed by atoms with Gasteiger partial charge in [0.2, 0.25) is 5.78 Å². The molecule has 1 rings (SSSR count). The van der Waals surface area contributed by atoms with Crippen LogP contribution in [0.2, 0.25) is 0 Å². The van der Waals surface area contributed by atoms with Gasteiger partial charge >= 0.3 is 0 Å². The zero-order valence-corrected chi connectivity index (χ0v) is 10.1. The fourth-order valence-corrected chi connectivity index (χ4v) is 1.53. The predicted molar refractivity (Wildman–Crippen MR) is 61.6 cm³/mol. The van der Waals surface area contributed by atoms with Crippen molar-refractivity contribution in [2.45, 2.75) is 20.1 Å². The van der Waals surface area contributed by atoms with Gasteiger partial charge in [-0.1, -0.05) is 0 Å². The summed E-state index contributed by atoms with van der Waals surface area (Å²) in [5, 5.41) is 0. The van der Waals surface area contributed by atoms with Crippen molar-refractivity contribution in [1.82, 2.24) is 0 Å². The Balaban J connectivity index is 3.16. The summed E-state index contributed by atoms with van der Waals surface area (Å²) in [5.74, 6) is -1.18. The molecule has 94 valence electrons. The Hall–Kier alpha value is -1.46. The highest BCUT2D eigenvalue weighted by Crippen LogP contribution is 2.25. The third kappa shape index (κ3) is 3.01. The summed E-state index contributed by atoms with van der Waals surface area (Å²) in [6, 6.07) is 2.82. The molecular weight excluding hydrogens is 225 g/mol. The molecular formula is C12H16FNO3. The van der Waals surface area contributed by atoms with Crippen LogP contribution in [-0.2, 0) is 4.74 Å². The number of Topliss-reactive ketones (excluding diaryl/α,β-unsaturated/α-hetero) is 1. The van der Waals surface area contributed by atoms with Crippen molar-refractivity contribution in [2.75, 3.05) is 13.7 Å². The number of methoxy groups -OCH3 is 1. The Kier molecular flexibility index (Phi) is 4.60. The number of aryl methyl sites for hydroxylation is 1. The number of ether oxygens (including phenoxy) is 2. The van der Waals surface area contributed by atoms with E-state index in [1.807, 2.05) is 0 Å². The Morgan fingerprint density at radius 1 is 1.53 bits per heavy atom. The Morgan fingerprint density at radius 2 is 2.18 bits per heavy atom. The van der Waals surface area contributed by atoms with Crippen LogP contribution in [0.3, 0.4) is 0 Å². The van der Waals surface area contributed by atoms with E-state index in [1.165, 1.54) is 19.2 Å². The Bertz CT molecular complexity index is 420. The molecule has 1 aromatic rings. The summed E-state index contributed by atoms with van der Waals surface area (Å²) >= 11 is 0. The van der Waals surface area contributed by atoms with Crippen molar-refractivity contribution in [3.63, 3.8) is 0 Å². The van der Waals surface area contributed by atoms with Gasteiger partial charge in [-0.15, -0.1) is 0 Å². The highest BCUT2D eigenvalue weighted by molar-refractivity contribution is 6.01. The quantitative estimate of drug-likeness (QED) is 0.629. The highest BCUT2D eigenvalue weighted by atomic mass is 19.1. The fourth-order valence-electron chi connectivity index (χ4n) is 1.53. The predicted octanol–water partition coefficient (Wildman–Crippen LogP) is 1.65. The van der Waals surface area contributed by atoms with E-state index in [2.05, 4.69) is 0 Å². The van der Waals surface area contributed by atoms with Gasteiger partial charge in [0.25, 0.3) is 0 Å². The van der Waals surface area contributed by atoms with Gasteiger partial charge in [-0.05, 0) is 31.5 Å². The second-order valence-electron chi connectivity index (χ2n) is 3.57. The van der Waals surface area contributed by atoms with Crippen LogP contribution in [0.5, 0.6) is 5.75 Å². The third-order valence-electron chi connectivity index (χ3n) is 2.26. The first kappa shape index (κ1) is 13.6. The molecule has 0 bridgehead atoms. The molecule has 1 unspecified atom stereocenters. The molecule has 1 aromatic carbocycles. The van der Waals surface area contributed by atoms with Crippen LogP contribution in [0.1, 0.15) is 22.8 Å². The van der Waals surface area contributed by atoms with Crippen molar-refractivity contribution in [3.8, 4) is 5.75 Å². The summed E-state index contributed by atoms with van der Waals surface area (Å²) in [6.07, 6.45) is -1.10. The van der Waals surface area contributed by atoms with Crippen LogP contribution in [0.4, 0.5) is 4.39 Å². The molecule has 1 atom stereocenters. The number of hydrogen-bond acceptors (Lipinski definition) is 4. The molecule has 0 spiro atoms. The average molecular weight is 241 g/mol. The lowest BCUT2D eigenvalue weighted by atomic mass is 10.1. The van der Waals surface area contributed by atoms with Crippen LogP contribution in [0.15, 0.2) is 12.1 Å². The van der Waals surface area contributed by atoms with Gasteiger partial charge in [-0.3, -0.25) is 10.5 Å². The normalized spacial score (nSPS) is 12.3. The summed E-state index contributed by atoms with van der Waals surface area (Å²) in [5.41, 5.74) is 6.26. The number of hydrogen-bond donors (Lipinski definition) is 1. The maximum atomic E-state index is 13.6. The molecule has 0 aromatic heterocycles. The van der Waals surface area contributed by atoms with Gasteiger partial charge in [-0.25, -0.2) is 4.39 Å². The molecule has 0 aliphatic carbocycles. The van der Waals surface area contributed by atoms with Crippen molar-refractivity contribution in [2.24, 2.45) is 5.73 Å². The van der Waals surface area contributed by atoms with E-state index in [-0.39, 0.29) is 11.3 Å². The lowest BCUT2D eigenvalue weighted by molar-refractivity contribution is 0.0476. The van der Waals surface area contributed by atoms with Crippen molar-refractivity contribution in [1.29, 1.82) is 0 Å². The van der Waals surface area contributed by atoms with E-state index in [9.17, 15) is 9.18 Å². The first-order chi connectivity index (χ1) is 8.01. The largest absolute Gasteiger partial charge is 0.493 e. The number of halogens is 1. The minimum absolute atomic E-state index is 0.101. The van der Waals surface area contributed by atoms with Crippen LogP contribution in [0, 0.1) is 12.7 Å². The molecule has 0 amide bonds. The van der Waals surface area contributed by atoms with Gasteiger partial charge < -0.3 is 9.47 Å². The fraction of sp³-hybridized carbons (Fsp3) is 0.417. The minimum atomic E-state index is -1.10. The van der Waals surface area contributed by atoms with Gasteiger partial charge in [0, 0.05) is 6.61 Å². The van der Waals surface area contributed by atoms with Crippen LogP contribution in [-0.4, -0.2) is 25.7 Å². The highest BCUT2D eigenvalue weighted by Gasteiger charge is 2.22. The van der Waals surface area contributed by atoms with Gasteiger partial charge in [-0.2, -0.15) is 0 Å². The molecule has 5 heteroatoms. The second kappa shape index (κ2) is 5.75. The van der Waals surface area contributed by atoms with E-state index < -0.39 is 17.8 Å². The summed E-state index contributed by atoms with van der Waals surface area (Å²) in [6.45, 7) is 3.72. The lowest BCUT2D eigenvalue weighted by Gasteiger charge is -2.14. The van der Waals surface area contributed by atoms with E-state index in [0.29, 0.717) is 12.2 Å². The zero-order chi connectivity index (χ0) is 13.0. The summed E-state index contributed by atoms with van der Waals surface area (Å²) < 4.78 is 23.4. The molecule has 17 heavy (non-hydrogen) atoms. The van der Waals surface area contributed by atoms with Crippen LogP contribution >= 0.6 is 0 Å². The van der Waals surface area contributed by atoms with Crippen molar-refractivity contribution < 1.29 is 18.7 Å². The van der Waals surface area contributed by atoms with E-state index in [4.69, 9.17) is 15.2 Å². The molecule has 0 saturated heterocycles. The second-order valence-corrected chi connectivity index (χ2v) is 3.57. The number of ketones is 1. The van der Waals surface area contributed by atoms with Gasteiger partial charge in [0.1, 0.15) is 0 Å². The van der Waals surface area contributed by atoms with Crippen LogP contribution in [0.25, 0.3) is 0 Å². The van der Waals surface area contributed by atoms with Gasteiger partial charge in [0.05, 0.1) is 12.7 Å². The number of rotatable bonds is 5. The first-order valence-electron chi connectivity index (χ1n) is 5.26. The number of carbonyl (C=O) groups excluding carboxylic acids is 1. The molecule has 0 saturated carbocycles. The Morgan fingerprint density at radius 3 is 2.71 bits per heavy atom. The number of benzene rings is 1. The number of nitrogens with two attached hydrogens (primary N) is 1. The maximum absolute atomic E-state index is 13.6. The monoisotopic (exact) mass is 241 g/mol. The van der Waals surface area contributed by atoms with Crippen molar-refractivity contribution >= 4 is 5.78 Å². The summed E-state index contributed by atoms with van der Waals surface area (Å²) in [7, 11) is 1.30. The third-order valence-corrected chi connectivity index (χ3v) is 2.26. The SMILES string of the molecule is CCOC(N)C(=O)c1cc(C)cc(F)c1OC. The molecule has 0 aliphatic heterocycles. The number of carbonyl (C=O) groups is 1. The van der Waals surface area contributed by atoms with E-state index >= 15 is 0 Å². The molecule has 2 N–H and O–H groups in total.